The van der Waals surface area contributed by atoms with E-state index in [4.69, 9.17) is 9.15 Å². The number of esters is 1. The van der Waals surface area contributed by atoms with E-state index in [-0.39, 0.29) is 23.5 Å². The van der Waals surface area contributed by atoms with Gasteiger partial charge in [0.25, 0.3) is 0 Å². The average Bonchev–Trinajstić information content (AvgIpc) is 2.89. The van der Waals surface area contributed by atoms with Gasteiger partial charge < -0.3 is 9.15 Å². The van der Waals surface area contributed by atoms with Crippen LogP contribution in [0.4, 0.5) is 8.78 Å². The first-order valence-electron chi connectivity index (χ1n) is 6.76. The van der Waals surface area contributed by atoms with Crippen molar-refractivity contribution >= 4 is 16.9 Å². The van der Waals surface area contributed by atoms with Gasteiger partial charge >= 0.3 is 5.97 Å². The maximum absolute atomic E-state index is 14.0. The smallest absolute Gasteiger partial charge is 0.342 e. The fourth-order valence-corrected chi connectivity index (χ4v) is 2.31. The van der Waals surface area contributed by atoms with Gasteiger partial charge in [-0.15, -0.1) is 0 Å². The van der Waals surface area contributed by atoms with Crippen LogP contribution in [0, 0.1) is 11.6 Å². The molecule has 0 amide bonds. The van der Waals surface area contributed by atoms with Gasteiger partial charge in [0.05, 0.1) is 12.2 Å². The number of carbonyl (C=O) groups is 1. The molecule has 112 valence electrons. The van der Waals surface area contributed by atoms with Crippen LogP contribution in [0.15, 0.2) is 46.9 Å². The van der Waals surface area contributed by atoms with Crippen LogP contribution in [-0.4, -0.2) is 12.6 Å². The molecule has 0 atom stereocenters. The largest absolute Gasteiger partial charge is 0.462 e. The quantitative estimate of drug-likeness (QED) is 0.666. The number of carbonyl (C=O) groups excluding carboxylic acids is 1. The van der Waals surface area contributed by atoms with Crippen LogP contribution in [0.2, 0.25) is 0 Å². The fraction of sp³-hybridized carbons (Fsp3) is 0.118. The van der Waals surface area contributed by atoms with Gasteiger partial charge in [-0.3, -0.25) is 0 Å². The molecule has 1 aromatic heterocycles. The number of fused-ring (bicyclic) bond motifs is 1. The Bertz CT molecular complexity index is 852. The molecule has 5 heteroatoms. The number of furan rings is 1. The van der Waals surface area contributed by atoms with Gasteiger partial charge in [0.2, 0.25) is 0 Å². The number of hydrogen-bond acceptors (Lipinski definition) is 3. The van der Waals surface area contributed by atoms with E-state index in [0.717, 1.165) is 18.2 Å². The molecule has 0 saturated heterocycles. The van der Waals surface area contributed by atoms with E-state index in [0.29, 0.717) is 11.0 Å². The summed E-state index contributed by atoms with van der Waals surface area (Å²) in [6.45, 7) is 1.84. The van der Waals surface area contributed by atoms with Crippen LogP contribution in [-0.2, 0) is 4.74 Å². The van der Waals surface area contributed by atoms with Crippen LogP contribution in [0.1, 0.15) is 17.3 Å². The molecule has 22 heavy (non-hydrogen) atoms. The van der Waals surface area contributed by atoms with Crippen LogP contribution >= 0.6 is 0 Å². The minimum absolute atomic E-state index is 0.0309. The molecule has 0 saturated carbocycles. The Kier molecular flexibility index (Phi) is 3.63. The molecule has 3 aromatic rings. The molecule has 2 aromatic carbocycles. The van der Waals surface area contributed by atoms with Crippen molar-refractivity contribution < 1.29 is 22.7 Å². The zero-order valence-corrected chi connectivity index (χ0v) is 11.7. The third-order valence-electron chi connectivity index (χ3n) is 3.25. The second-order valence-corrected chi connectivity index (χ2v) is 4.65. The number of hydrogen-bond donors (Lipinski definition) is 0. The van der Waals surface area contributed by atoms with Crippen LogP contribution in [0.5, 0.6) is 0 Å². The number of benzene rings is 2. The lowest BCUT2D eigenvalue weighted by Crippen LogP contribution is -2.05. The molecule has 1 heterocycles. The highest BCUT2D eigenvalue weighted by atomic mass is 19.1. The lowest BCUT2D eigenvalue weighted by molar-refractivity contribution is 0.0528. The summed E-state index contributed by atoms with van der Waals surface area (Å²) in [6, 6.07) is 9.78. The molecule has 0 spiro atoms. The molecule has 0 fully saturated rings. The summed E-state index contributed by atoms with van der Waals surface area (Å²) in [7, 11) is 0. The van der Waals surface area contributed by atoms with Gasteiger partial charge in [-0.1, -0.05) is 18.2 Å². The van der Waals surface area contributed by atoms with Crippen molar-refractivity contribution in [1.29, 1.82) is 0 Å². The van der Waals surface area contributed by atoms with Gasteiger partial charge in [0.1, 0.15) is 22.8 Å². The maximum Gasteiger partial charge on any atom is 0.342 e. The molecule has 0 aliphatic rings. The summed E-state index contributed by atoms with van der Waals surface area (Å²) < 4.78 is 38.1. The first kappa shape index (κ1) is 14.3. The van der Waals surface area contributed by atoms with Crippen molar-refractivity contribution in [1.82, 2.24) is 0 Å². The Morgan fingerprint density at radius 3 is 2.73 bits per heavy atom. The Balaban J connectivity index is 2.31. The van der Waals surface area contributed by atoms with E-state index in [1.54, 1.807) is 31.2 Å². The third-order valence-corrected chi connectivity index (χ3v) is 3.25. The van der Waals surface area contributed by atoms with E-state index in [1.807, 2.05) is 0 Å². The minimum atomic E-state index is -0.675. The molecule has 3 rings (SSSR count). The van der Waals surface area contributed by atoms with Crippen molar-refractivity contribution in [2.45, 2.75) is 6.92 Å². The molecular formula is C17H12F2O3. The van der Waals surface area contributed by atoms with Gasteiger partial charge in [-0.25, -0.2) is 13.6 Å². The fourth-order valence-electron chi connectivity index (χ4n) is 2.31. The van der Waals surface area contributed by atoms with Gasteiger partial charge in [0.15, 0.2) is 5.76 Å². The Labute approximate surface area is 125 Å². The number of rotatable bonds is 3. The number of halogens is 2. The molecule has 0 aliphatic heterocycles. The average molecular weight is 302 g/mol. The van der Waals surface area contributed by atoms with Crippen LogP contribution in [0.25, 0.3) is 22.3 Å². The number of para-hydroxylation sites is 1. The van der Waals surface area contributed by atoms with Crippen LogP contribution in [0.3, 0.4) is 0 Å². The zero-order chi connectivity index (χ0) is 15.7. The zero-order valence-electron chi connectivity index (χ0n) is 11.7. The Hall–Kier alpha value is -2.69. The van der Waals surface area contributed by atoms with E-state index in [9.17, 15) is 13.6 Å². The predicted molar refractivity (Wildman–Crippen MR) is 77.5 cm³/mol. The molecule has 3 nitrogen and oxygen atoms in total. The molecule has 0 aliphatic carbocycles. The van der Waals surface area contributed by atoms with E-state index in [2.05, 4.69) is 0 Å². The monoisotopic (exact) mass is 302 g/mol. The lowest BCUT2D eigenvalue weighted by Gasteiger charge is -2.04. The topological polar surface area (TPSA) is 39.4 Å². The highest BCUT2D eigenvalue weighted by Gasteiger charge is 2.25. The van der Waals surface area contributed by atoms with E-state index >= 15 is 0 Å². The maximum atomic E-state index is 14.0. The summed E-state index contributed by atoms with van der Waals surface area (Å²) in [5.74, 6) is -1.96. The van der Waals surface area contributed by atoms with Crippen molar-refractivity contribution in [3.63, 3.8) is 0 Å². The summed E-state index contributed by atoms with van der Waals surface area (Å²) in [4.78, 5) is 12.2. The Morgan fingerprint density at radius 2 is 1.95 bits per heavy atom. The third kappa shape index (κ3) is 2.35. The SMILES string of the molecule is CCOC(=O)c1c(-c2cc(F)ccc2F)oc2ccccc12. The van der Waals surface area contributed by atoms with Crippen LogP contribution < -0.4 is 0 Å². The summed E-state index contributed by atoms with van der Waals surface area (Å²) in [6.07, 6.45) is 0. The molecule has 0 N–H and O–H groups in total. The summed E-state index contributed by atoms with van der Waals surface area (Å²) in [5, 5.41) is 0.500. The molecule has 0 unspecified atom stereocenters. The first-order chi connectivity index (χ1) is 10.6. The predicted octanol–water partition coefficient (Wildman–Crippen LogP) is 4.55. The lowest BCUT2D eigenvalue weighted by atomic mass is 10.0. The van der Waals surface area contributed by atoms with E-state index < -0.39 is 17.6 Å². The van der Waals surface area contributed by atoms with Crippen molar-refractivity contribution in [3.8, 4) is 11.3 Å². The van der Waals surface area contributed by atoms with Gasteiger partial charge in [0, 0.05) is 5.39 Å². The second-order valence-electron chi connectivity index (χ2n) is 4.65. The molecule has 0 radical (unpaired) electrons. The highest BCUT2D eigenvalue weighted by molar-refractivity contribution is 6.08. The number of ether oxygens (including phenoxy) is 1. The highest BCUT2D eigenvalue weighted by Crippen LogP contribution is 2.35. The van der Waals surface area contributed by atoms with Gasteiger partial charge in [-0.2, -0.15) is 0 Å². The Morgan fingerprint density at radius 1 is 1.18 bits per heavy atom. The van der Waals surface area contributed by atoms with Crippen molar-refractivity contribution in [3.05, 3.63) is 59.7 Å². The van der Waals surface area contributed by atoms with Gasteiger partial charge in [-0.05, 0) is 31.2 Å². The normalized spacial score (nSPS) is 10.9. The van der Waals surface area contributed by atoms with Crippen molar-refractivity contribution in [2.75, 3.05) is 6.61 Å². The van der Waals surface area contributed by atoms with Crippen molar-refractivity contribution in [2.24, 2.45) is 0 Å². The summed E-state index contributed by atoms with van der Waals surface area (Å²) >= 11 is 0. The van der Waals surface area contributed by atoms with E-state index in [1.165, 1.54) is 0 Å². The standard InChI is InChI=1S/C17H12F2O3/c1-2-21-17(20)15-11-5-3-4-6-14(11)22-16(15)12-9-10(18)7-8-13(12)19/h3-9H,2H2,1H3. The summed E-state index contributed by atoms with van der Waals surface area (Å²) in [5.41, 5.74) is 0.394. The first-order valence-corrected chi connectivity index (χ1v) is 6.76. The molecular weight excluding hydrogens is 290 g/mol. The second kappa shape index (κ2) is 5.60. The molecule has 0 bridgehead atoms. The minimum Gasteiger partial charge on any atom is -0.462 e.